The topological polar surface area (TPSA) is 78.6 Å². The molecule has 1 fully saturated rings. The Bertz CT molecular complexity index is 488. The maximum atomic E-state index is 11.9. The van der Waals surface area contributed by atoms with E-state index >= 15 is 0 Å². The normalized spacial score (nSPS) is 23.0. The van der Waals surface area contributed by atoms with Gasteiger partial charge in [-0.15, -0.1) is 0 Å². The second-order valence-corrected chi connectivity index (χ2v) is 6.15. The number of amides is 1. The molecule has 21 heavy (non-hydrogen) atoms. The largest absolute Gasteiger partial charge is 0.399 e. The van der Waals surface area contributed by atoms with Crippen molar-refractivity contribution in [3.63, 3.8) is 0 Å². The molecule has 2 rings (SSSR count). The number of likely N-dealkylation sites (tertiary alicyclic amines) is 1. The number of nitrogens with zero attached hydrogens (tertiary/aromatic N) is 1. The highest BCUT2D eigenvalue weighted by atomic mass is 16.3. The lowest BCUT2D eigenvalue weighted by Crippen LogP contribution is -2.46. The SMILES string of the molecule is CC1(O)CCCN(CCCC(=O)Nc2cccc(N)c2)C1. The van der Waals surface area contributed by atoms with Gasteiger partial charge in [0, 0.05) is 24.3 Å². The van der Waals surface area contributed by atoms with Crippen LogP contribution < -0.4 is 11.1 Å². The molecule has 1 heterocycles. The third-order valence-corrected chi connectivity index (χ3v) is 3.80. The van der Waals surface area contributed by atoms with Crippen LogP contribution >= 0.6 is 0 Å². The zero-order valence-electron chi connectivity index (χ0n) is 12.6. The van der Waals surface area contributed by atoms with Gasteiger partial charge < -0.3 is 21.1 Å². The monoisotopic (exact) mass is 291 g/mol. The first-order valence-electron chi connectivity index (χ1n) is 7.55. The van der Waals surface area contributed by atoms with Gasteiger partial charge >= 0.3 is 0 Å². The van der Waals surface area contributed by atoms with E-state index in [1.165, 1.54) is 0 Å². The molecule has 1 saturated heterocycles. The number of carbonyl (C=O) groups is 1. The molecule has 1 amide bonds. The minimum Gasteiger partial charge on any atom is -0.399 e. The van der Waals surface area contributed by atoms with Crippen LogP contribution in [0.1, 0.15) is 32.6 Å². The van der Waals surface area contributed by atoms with Gasteiger partial charge in [-0.3, -0.25) is 4.79 Å². The lowest BCUT2D eigenvalue weighted by molar-refractivity contribution is -0.116. The predicted octanol–water partition coefficient (Wildman–Crippen LogP) is 1.83. The van der Waals surface area contributed by atoms with Crippen molar-refractivity contribution < 1.29 is 9.90 Å². The smallest absolute Gasteiger partial charge is 0.224 e. The first-order valence-corrected chi connectivity index (χ1v) is 7.55. The van der Waals surface area contributed by atoms with Crippen molar-refractivity contribution in [1.29, 1.82) is 0 Å². The molecule has 0 spiro atoms. The number of piperidine rings is 1. The number of β-amino-alcohol motifs (C(OH)–C–C–N with tert-alkyl or cyclic N) is 1. The summed E-state index contributed by atoms with van der Waals surface area (Å²) in [5.41, 5.74) is 6.47. The molecule has 0 radical (unpaired) electrons. The van der Waals surface area contributed by atoms with Crippen molar-refractivity contribution in [2.45, 2.75) is 38.2 Å². The zero-order chi connectivity index (χ0) is 15.3. The number of hydrogen-bond donors (Lipinski definition) is 3. The molecule has 5 nitrogen and oxygen atoms in total. The highest BCUT2D eigenvalue weighted by Crippen LogP contribution is 2.20. The van der Waals surface area contributed by atoms with E-state index in [1.54, 1.807) is 12.1 Å². The molecule has 116 valence electrons. The van der Waals surface area contributed by atoms with Crippen molar-refractivity contribution in [2.24, 2.45) is 0 Å². The standard InChI is InChI=1S/C16H25N3O2/c1-16(21)8-4-10-19(12-16)9-3-7-15(20)18-14-6-2-5-13(17)11-14/h2,5-6,11,21H,3-4,7-10,12,17H2,1H3,(H,18,20). The highest BCUT2D eigenvalue weighted by Gasteiger charge is 2.27. The molecule has 5 heteroatoms. The van der Waals surface area contributed by atoms with E-state index in [0.717, 1.165) is 38.0 Å². The fraction of sp³-hybridized carbons (Fsp3) is 0.562. The number of anilines is 2. The summed E-state index contributed by atoms with van der Waals surface area (Å²) in [6.45, 7) is 4.43. The lowest BCUT2D eigenvalue weighted by Gasteiger charge is -2.36. The maximum absolute atomic E-state index is 11.9. The molecule has 1 aromatic rings. The molecule has 0 aliphatic carbocycles. The summed E-state index contributed by atoms with van der Waals surface area (Å²) >= 11 is 0. The van der Waals surface area contributed by atoms with Crippen molar-refractivity contribution in [1.82, 2.24) is 4.90 Å². The fourth-order valence-electron chi connectivity index (χ4n) is 2.82. The fourth-order valence-corrected chi connectivity index (χ4v) is 2.82. The van der Waals surface area contributed by atoms with Gasteiger partial charge in [0.05, 0.1) is 5.60 Å². The summed E-state index contributed by atoms with van der Waals surface area (Å²) in [5.74, 6) is 0.00405. The number of nitrogen functional groups attached to an aromatic ring is 1. The van der Waals surface area contributed by atoms with E-state index < -0.39 is 5.60 Å². The van der Waals surface area contributed by atoms with Crippen molar-refractivity contribution in [3.8, 4) is 0 Å². The zero-order valence-corrected chi connectivity index (χ0v) is 12.6. The van der Waals surface area contributed by atoms with E-state index in [4.69, 9.17) is 5.73 Å². The summed E-state index contributed by atoms with van der Waals surface area (Å²) in [4.78, 5) is 14.1. The van der Waals surface area contributed by atoms with Crippen LogP contribution in [0.5, 0.6) is 0 Å². The van der Waals surface area contributed by atoms with Gasteiger partial charge in [0.15, 0.2) is 0 Å². The Kier molecular flexibility index (Phi) is 5.20. The van der Waals surface area contributed by atoms with E-state index in [-0.39, 0.29) is 5.91 Å². The number of benzene rings is 1. The number of aliphatic hydroxyl groups is 1. The van der Waals surface area contributed by atoms with Crippen molar-refractivity contribution in [2.75, 3.05) is 30.7 Å². The first-order chi connectivity index (χ1) is 9.94. The minimum absolute atomic E-state index is 0.00405. The summed E-state index contributed by atoms with van der Waals surface area (Å²) in [5, 5.41) is 12.9. The summed E-state index contributed by atoms with van der Waals surface area (Å²) in [7, 11) is 0. The van der Waals surface area contributed by atoms with Crippen LogP contribution in [0.4, 0.5) is 11.4 Å². The van der Waals surface area contributed by atoms with Crippen LogP contribution in [0, 0.1) is 0 Å². The highest BCUT2D eigenvalue weighted by molar-refractivity contribution is 5.91. The van der Waals surface area contributed by atoms with Gasteiger partial charge in [-0.1, -0.05) is 6.07 Å². The van der Waals surface area contributed by atoms with E-state index in [9.17, 15) is 9.90 Å². The molecule has 0 bridgehead atoms. The van der Waals surface area contributed by atoms with Crippen LogP contribution in [0.3, 0.4) is 0 Å². The minimum atomic E-state index is -0.581. The second-order valence-electron chi connectivity index (χ2n) is 6.15. The van der Waals surface area contributed by atoms with Gasteiger partial charge in [0.2, 0.25) is 5.91 Å². The Morgan fingerprint density at radius 3 is 3.05 bits per heavy atom. The van der Waals surface area contributed by atoms with Crippen LogP contribution in [-0.4, -0.2) is 41.1 Å². The number of rotatable bonds is 5. The molecule has 1 atom stereocenters. The third kappa shape index (κ3) is 5.36. The average molecular weight is 291 g/mol. The van der Waals surface area contributed by atoms with Crippen LogP contribution in [-0.2, 0) is 4.79 Å². The van der Waals surface area contributed by atoms with Crippen LogP contribution in [0.2, 0.25) is 0 Å². The summed E-state index contributed by atoms with van der Waals surface area (Å²) in [6.07, 6.45) is 3.15. The lowest BCUT2D eigenvalue weighted by atomic mass is 9.95. The Morgan fingerprint density at radius 2 is 2.33 bits per heavy atom. The van der Waals surface area contributed by atoms with Gasteiger partial charge in [-0.05, 0) is 57.5 Å². The molecular weight excluding hydrogens is 266 g/mol. The quantitative estimate of drug-likeness (QED) is 0.723. The van der Waals surface area contributed by atoms with Crippen LogP contribution in [0.15, 0.2) is 24.3 Å². The number of nitrogens with two attached hydrogens (primary N) is 1. The van der Waals surface area contributed by atoms with Gasteiger partial charge in [0.1, 0.15) is 0 Å². The van der Waals surface area contributed by atoms with Crippen molar-refractivity contribution in [3.05, 3.63) is 24.3 Å². The Labute approximate surface area is 126 Å². The Morgan fingerprint density at radius 1 is 1.52 bits per heavy atom. The molecule has 0 saturated carbocycles. The number of hydrogen-bond acceptors (Lipinski definition) is 4. The van der Waals surface area contributed by atoms with Crippen LogP contribution in [0.25, 0.3) is 0 Å². The second kappa shape index (κ2) is 6.91. The molecule has 1 aliphatic heterocycles. The third-order valence-electron chi connectivity index (χ3n) is 3.80. The Hall–Kier alpha value is -1.59. The summed E-state index contributed by atoms with van der Waals surface area (Å²) < 4.78 is 0. The van der Waals surface area contributed by atoms with Gasteiger partial charge in [-0.2, -0.15) is 0 Å². The molecule has 4 N–H and O–H groups in total. The summed E-state index contributed by atoms with van der Waals surface area (Å²) in [6, 6.07) is 7.19. The predicted molar refractivity (Wildman–Crippen MR) is 85.0 cm³/mol. The molecule has 1 aliphatic rings. The molecule has 1 aromatic carbocycles. The Balaban J connectivity index is 1.70. The molecule has 1 unspecified atom stereocenters. The first kappa shape index (κ1) is 15.8. The molecule has 0 aromatic heterocycles. The van der Waals surface area contributed by atoms with Crippen molar-refractivity contribution >= 4 is 17.3 Å². The van der Waals surface area contributed by atoms with E-state index in [0.29, 0.717) is 18.7 Å². The van der Waals surface area contributed by atoms with E-state index in [2.05, 4.69) is 10.2 Å². The number of carbonyl (C=O) groups excluding carboxylic acids is 1. The maximum Gasteiger partial charge on any atom is 0.224 e. The van der Waals surface area contributed by atoms with E-state index in [1.807, 2.05) is 19.1 Å². The van der Waals surface area contributed by atoms with Gasteiger partial charge in [0.25, 0.3) is 0 Å². The molecular formula is C16H25N3O2. The van der Waals surface area contributed by atoms with Gasteiger partial charge in [-0.25, -0.2) is 0 Å². The number of nitrogens with one attached hydrogen (secondary N) is 1. The average Bonchev–Trinajstić information content (AvgIpc) is 2.37.